The van der Waals surface area contributed by atoms with Crippen molar-refractivity contribution in [3.8, 4) is 5.75 Å². The fraction of sp³-hybridized carbons (Fsp3) is 0.526. The van der Waals surface area contributed by atoms with E-state index in [1.54, 1.807) is 0 Å². The van der Waals surface area contributed by atoms with E-state index in [-0.39, 0.29) is 0 Å². The Morgan fingerprint density at radius 1 is 1.13 bits per heavy atom. The minimum atomic E-state index is 0.434. The predicted octanol–water partition coefficient (Wildman–Crippen LogP) is 3.41. The minimum absolute atomic E-state index is 0.434. The quantitative estimate of drug-likeness (QED) is 0.732. The van der Waals surface area contributed by atoms with E-state index in [4.69, 9.17) is 9.47 Å². The minimum Gasteiger partial charge on any atom is -0.489 e. The fourth-order valence-corrected chi connectivity index (χ4v) is 3.02. The van der Waals surface area contributed by atoms with E-state index in [9.17, 15) is 0 Å². The number of ether oxygens (including phenoxy) is 2. The van der Waals surface area contributed by atoms with E-state index < -0.39 is 0 Å². The highest BCUT2D eigenvalue weighted by Gasteiger charge is 2.19. The van der Waals surface area contributed by atoms with Gasteiger partial charge in [0.15, 0.2) is 6.73 Å². The molecule has 4 nitrogen and oxygen atoms in total. The maximum absolute atomic E-state index is 6.02. The Hall–Kier alpha value is -1.81. The van der Waals surface area contributed by atoms with Crippen LogP contribution < -0.4 is 9.30 Å². The lowest BCUT2D eigenvalue weighted by Gasteiger charge is -2.25. The molecule has 0 amide bonds. The maximum Gasteiger partial charge on any atom is 0.245 e. The molecule has 0 atom stereocenters. The number of rotatable bonds is 7. The summed E-state index contributed by atoms with van der Waals surface area (Å²) in [7, 11) is 0. The van der Waals surface area contributed by atoms with Gasteiger partial charge in [0, 0.05) is 0 Å². The van der Waals surface area contributed by atoms with Gasteiger partial charge in [0.25, 0.3) is 0 Å². The first-order valence-electron chi connectivity index (χ1n) is 8.64. The molecule has 1 aliphatic rings. The molecule has 4 heteroatoms. The summed E-state index contributed by atoms with van der Waals surface area (Å²) in [5.74, 6) is 1.79. The molecule has 1 heterocycles. The van der Waals surface area contributed by atoms with Gasteiger partial charge in [-0.05, 0) is 43.7 Å². The monoisotopic (exact) mass is 315 g/mol. The predicted molar refractivity (Wildman–Crippen MR) is 89.1 cm³/mol. The van der Waals surface area contributed by atoms with Crippen molar-refractivity contribution in [1.82, 2.24) is 4.57 Å². The van der Waals surface area contributed by atoms with Gasteiger partial charge in [-0.3, -0.25) is 0 Å². The molecule has 1 aliphatic carbocycles. The lowest BCUT2D eigenvalue weighted by atomic mass is 9.89. The number of para-hydroxylation sites is 1. The second-order valence-corrected chi connectivity index (χ2v) is 6.50. The van der Waals surface area contributed by atoms with Gasteiger partial charge < -0.3 is 9.47 Å². The van der Waals surface area contributed by atoms with E-state index in [0.717, 1.165) is 18.2 Å². The van der Waals surface area contributed by atoms with Gasteiger partial charge in [0.05, 0.1) is 6.10 Å². The fourth-order valence-electron chi connectivity index (χ4n) is 3.02. The second kappa shape index (κ2) is 8.16. The first-order valence-corrected chi connectivity index (χ1v) is 8.64. The second-order valence-electron chi connectivity index (χ2n) is 6.50. The molecule has 1 fully saturated rings. The van der Waals surface area contributed by atoms with Crippen LogP contribution in [0.15, 0.2) is 49.1 Å². The Labute approximate surface area is 138 Å². The van der Waals surface area contributed by atoms with Gasteiger partial charge in [0.2, 0.25) is 6.33 Å². The van der Waals surface area contributed by atoms with Crippen molar-refractivity contribution in [1.29, 1.82) is 0 Å². The number of benzene rings is 1. The average Bonchev–Trinajstić information content (AvgIpc) is 3.03. The van der Waals surface area contributed by atoms with Gasteiger partial charge in [-0.2, -0.15) is 0 Å². The molecule has 0 unspecified atom stereocenters. The zero-order valence-corrected chi connectivity index (χ0v) is 13.9. The summed E-state index contributed by atoms with van der Waals surface area (Å²) in [5, 5.41) is 0. The molecule has 124 valence electrons. The number of hydrogen-bond donors (Lipinski definition) is 0. The van der Waals surface area contributed by atoms with Crippen molar-refractivity contribution in [3.05, 3.63) is 49.1 Å². The van der Waals surface area contributed by atoms with Gasteiger partial charge in [-0.25, -0.2) is 9.13 Å². The van der Waals surface area contributed by atoms with Crippen LogP contribution in [0.5, 0.6) is 5.75 Å². The van der Waals surface area contributed by atoms with Crippen LogP contribution in [0.1, 0.15) is 32.6 Å². The number of nitrogens with zero attached hydrogens (tertiary/aromatic N) is 2. The van der Waals surface area contributed by atoms with Crippen LogP contribution >= 0.6 is 0 Å². The standard InChI is InChI=1S/C19H27N2O2/c1-17-7-9-19(10-8-17)23-16-21-12-11-20(15-21)13-14-22-18-5-3-2-4-6-18/h2-6,11-12,15,17,19H,7-10,13-14,16H2,1H3/q+1. The third-order valence-electron chi connectivity index (χ3n) is 4.53. The third kappa shape index (κ3) is 5.10. The molecular weight excluding hydrogens is 288 g/mol. The summed E-state index contributed by atoms with van der Waals surface area (Å²) in [6.07, 6.45) is 11.7. The zero-order chi connectivity index (χ0) is 15.9. The Morgan fingerprint density at radius 2 is 1.91 bits per heavy atom. The molecule has 2 aromatic rings. The average molecular weight is 315 g/mol. The highest BCUT2D eigenvalue weighted by atomic mass is 16.5. The van der Waals surface area contributed by atoms with Crippen LogP contribution in [-0.2, 0) is 18.0 Å². The molecule has 0 bridgehead atoms. The van der Waals surface area contributed by atoms with E-state index in [0.29, 0.717) is 19.4 Å². The maximum atomic E-state index is 6.02. The smallest absolute Gasteiger partial charge is 0.245 e. The van der Waals surface area contributed by atoms with Crippen LogP contribution in [0.4, 0.5) is 0 Å². The first-order chi connectivity index (χ1) is 11.3. The number of aromatic nitrogens is 2. The highest BCUT2D eigenvalue weighted by molar-refractivity contribution is 5.20. The summed E-state index contributed by atoms with van der Waals surface area (Å²) in [4.78, 5) is 0. The van der Waals surface area contributed by atoms with Crippen LogP contribution in [0.25, 0.3) is 0 Å². The molecule has 1 saturated carbocycles. The lowest BCUT2D eigenvalue weighted by molar-refractivity contribution is -0.734. The normalized spacial score (nSPS) is 21.3. The van der Waals surface area contributed by atoms with Crippen LogP contribution in [0.2, 0.25) is 0 Å². The van der Waals surface area contributed by atoms with Gasteiger partial charge in [-0.1, -0.05) is 25.1 Å². The number of hydrogen-bond acceptors (Lipinski definition) is 2. The molecular formula is C19H27N2O2+. The largest absolute Gasteiger partial charge is 0.489 e. The van der Waals surface area contributed by atoms with E-state index in [2.05, 4.69) is 34.8 Å². The highest BCUT2D eigenvalue weighted by Crippen LogP contribution is 2.25. The van der Waals surface area contributed by atoms with E-state index in [1.807, 2.05) is 30.3 Å². The third-order valence-corrected chi connectivity index (χ3v) is 4.53. The Balaban J connectivity index is 1.38. The molecule has 0 saturated heterocycles. The van der Waals surface area contributed by atoms with E-state index in [1.165, 1.54) is 25.7 Å². The van der Waals surface area contributed by atoms with Crippen LogP contribution in [-0.4, -0.2) is 17.3 Å². The SMILES string of the molecule is CC1CCC(OC[n+]2ccn(CCOc3ccccc3)c2)CC1. The summed E-state index contributed by atoms with van der Waals surface area (Å²) in [5.41, 5.74) is 0. The molecule has 0 N–H and O–H groups in total. The number of imidazole rings is 1. The summed E-state index contributed by atoms with van der Waals surface area (Å²) >= 11 is 0. The van der Waals surface area contributed by atoms with Crippen molar-refractivity contribution in [2.75, 3.05) is 6.61 Å². The van der Waals surface area contributed by atoms with Gasteiger partial charge in [-0.15, -0.1) is 0 Å². The van der Waals surface area contributed by atoms with Crippen LogP contribution in [0.3, 0.4) is 0 Å². The first kappa shape index (κ1) is 16.1. The Morgan fingerprint density at radius 3 is 2.70 bits per heavy atom. The van der Waals surface area contributed by atoms with Crippen molar-refractivity contribution in [2.45, 2.75) is 52.0 Å². The lowest BCUT2D eigenvalue weighted by Crippen LogP contribution is -2.35. The molecule has 0 spiro atoms. The summed E-state index contributed by atoms with van der Waals surface area (Å²) in [6.45, 7) is 4.48. The zero-order valence-electron chi connectivity index (χ0n) is 13.9. The molecule has 3 rings (SSSR count). The Bertz CT molecular complexity index is 574. The van der Waals surface area contributed by atoms with Crippen LogP contribution in [0, 0.1) is 5.92 Å². The van der Waals surface area contributed by atoms with Gasteiger partial charge in [0.1, 0.15) is 31.3 Å². The summed E-state index contributed by atoms with van der Waals surface area (Å²) < 4.78 is 16.0. The van der Waals surface area contributed by atoms with Crippen molar-refractivity contribution in [3.63, 3.8) is 0 Å². The van der Waals surface area contributed by atoms with E-state index >= 15 is 0 Å². The molecule has 0 radical (unpaired) electrons. The Kier molecular flexibility index (Phi) is 5.70. The molecule has 1 aromatic heterocycles. The van der Waals surface area contributed by atoms with Crippen molar-refractivity contribution in [2.24, 2.45) is 5.92 Å². The summed E-state index contributed by atoms with van der Waals surface area (Å²) in [6, 6.07) is 9.93. The molecule has 23 heavy (non-hydrogen) atoms. The molecule has 1 aromatic carbocycles. The topological polar surface area (TPSA) is 27.3 Å². The van der Waals surface area contributed by atoms with Gasteiger partial charge >= 0.3 is 0 Å². The molecule has 0 aliphatic heterocycles. The van der Waals surface area contributed by atoms with Crippen molar-refractivity contribution < 1.29 is 14.0 Å². The van der Waals surface area contributed by atoms with Crippen molar-refractivity contribution >= 4 is 0 Å².